The van der Waals surface area contributed by atoms with Gasteiger partial charge in [-0.05, 0) is 18.2 Å². The number of halogens is 1. The van der Waals surface area contributed by atoms with Crippen molar-refractivity contribution in [2.75, 3.05) is 31.1 Å². The molecule has 1 saturated heterocycles. The Bertz CT molecular complexity index is 672. The minimum absolute atomic E-state index is 0.0890. The van der Waals surface area contributed by atoms with Gasteiger partial charge < -0.3 is 14.9 Å². The van der Waals surface area contributed by atoms with Crippen LogP contribution in [0.3, 0.4) is 0 Å². The van der Waals surface area contributed by atoms with Crippen molar-refractivity contribution >= 4 is 23.3 Å². The van der Waals surface area contributed by atoms with E-state index in [2.05, 4.69) is 14.9 Å². The number of amides is 1. The highest BCUT2D eigenvalue weighted by atomic mass is 35.5. The summed E-state index contributed by atoms with van der Waals surface area (Å²) < 4.78 is 0. The first-order chi connectivity index (χ1) is 10.6. The van der Waals surface area contributed by atoms with Gasteiger partial charge in [-0.15, -0.1) is 0 Å². The SMILES string of the molecule is O=C(c1ccc(Cl)cc1O)N1CCN(c2cnccn2)CC1. The van der Waals surface area contributed by atoms with Crippen LogP contribution in [0.1, 0.15) is 10.4 Å². The van der Waals surface area contributed by atoms with Crippen molar-refractivity contribution < 1.29 is 9.90 Å². The van der Waals surface area contributed by atoms with Crippen molar-refractivity contribution in [3.63, 3.8) is 0 Å². The Kier molecular flexibility index (Phi) is 4.11. The van der Waals surface area contributed by atoms with E-state index in [-0.39, 0.29) is 17.2 Å². The Morgan fingerprint density at radius 2 is 1.95 bits per heavy atom. The van der Waals surface area contributed by atoms with Gasteiger partial charge in [-0.25, -0.2) is 4.98 Å². The van der Waals surface area contributed by atoms with Crippen LogP contribution in [0.25, 0.3) is 0 Å². The average Bonchev–Trinajstić information content (AvgIpc) is 2.55. The summed E-state index contributed by atoms with van der Waals surface area (Å²) in [5.41, 5.74) is 0.275. The van der Waals surface area contributed by atoms with Crippen LogP contribution in [0.2, 0.25) is 5.02 Å². The molecule has 0 atom stereocenters. The number of benzene rings is 1. The third-order valence-corrected chi connectivity index (χ3v) is 3.87. The van der Waals surface area contributed by atoms with Crippen molar-refractivity contribution in [3.8, 4) is 5.75 Å². The van der Waals surface area contributed by atoms with E-state index in [1.807, 2.05) is 0 Å². The molecule has 1 amide bonds. The number of aromatic hydroxyl groups is 1. The molecule has 2 heterocycles. The fourth-order valence-corrected chi connectivity index (χ4v) is 2.62. The summed E-state index contributed by atoms with van der Waals surface area (Å²) in [6.07, 6.45) is 4.99. The molecule has 1 aromatic carbocycles. The lowest BCUT2D eigenvalue weighted by molar-refractivity contribution is 0.0743. The first-order valence-corrected chi connectivity index (χ1v) is 7.32. The highest BCUT2D eigenvalue weighted by Gasteiger charge is 2.24. The molecule has 1 aliphatic rings. The van der Waals surface area contributed by atoms with Gasteiger partial charge in [-0.2, -0.15) is 0 Å². The van der Waals surface area contributed by atoms with Crippen LogP contribution in [0.5, 0.6) is 5.75 Å². The van der Waals surface area contributed by atoms with Gasteiger partial charge in [0, 0.05) is 43.6 Å². The third kappa shape index (κ3) is 2.96. The van der Waals surface area contributed by atoms with Gasteiger partial charge in [0.25, 0.3) is 5.91 Å². The average molecular weight is 319 g/mol. The van der Waals surface area contributed by atoms with Crippen LogP contribution >= 0.6 is 11.6 Å². The molecule has 6 nitrogen and oxygen atoms in total. The molecule has 2 aromatic rings. The fourth-order valence-electron chi connectivity index (χ4n) is 2.45. The first kappa shape index (κ1) is 14.6. The molecule has 114 valence electrons. The lowest BCUT2D eigenvalue weighted by atomic mass is 10.1. The Morgan fingerprint density at radius 3 is 2.59 bits per heavy atom. The molecule has 22 heavy (non-hydrogen) atoms. The maximum absolute atomic E-state index is 12.5. The van der Waals surface area contributed by atoms with E-state index in [0.717, 1.165) is 5.82 Å². The molecular formula is C15H15ClN4O2. The van der Waals surface area contributed by atoms with Gasteiger partial charge in [0.15, 0.2) is 0 Å². The number of hydrogen-bond acceptors (Lipinski definition) is 5. The van der Waals surface area contributed by atoms with E-state index < -0.39 is 0 Å². The minimum Gasteiger partial charge on any atom is -0.507 e. The standard InChI is InChI=1S/C15H15ClN4O2/c16-11-1-2-12(13(21)9-11)15(22)20-7-5-19(6-8-20)14-10-17-3-4-18-14/h1-4,9-10,21H,5-8H2. The zero-order valence-electron chi connectivity index (χ0n) is 11.8. The zero-order chi connectivity index (χ0) is 15.5. The lowest BCUT2D eigenvalue weighted by Crippen LogP contribution is -2.49. The van der Waals surface area contributed by atoms with Crippen LogP contribution in [0.15, 0.2) is 36.8 Å². The predicted molar refractivity (Wildman–Crippen MR) is 83.3 cm³/mol. The number of rotatable bonds is 2. The molecular weight excluding hydrogens is 304 g/mol. The first-order valence-electron chi connectivity index (χ1n) is 6.94. The van der Waals surface area contributed by atoms with Crippen molar-refractivity contribution in [2.24, 2.45) is 0 Å². The zero-order valence-corrected chi connectivity index (χ0v) is 12.6. The maximum Gasteiger partial charge on any atom is 0.257 e. The number of phenols is 1. The summed E-state index contributed by atoms with van der Waals surface area (Å²) in [6, 6.07) is 4.53. The number of phenolic OH excluding ortho intramolecular Hbond substituents is 1. The number of piperazine rings is 1. The van der Waals surface area contributed by atoms with Crippen LogP contribution in [-0.2, 0) is 0 Å². The molecule has 1 aromatic heterocycles. The summed E-state index contributed by atoms with van der Waals surface area (Å²) in [7, 11) is 0. The molecule has 0 spiro atoms. The van der Waals surface area contributed by atoms with Gasteiger partial charge >= 0.3 is 0 Å². The lowest BCUT2D eigenvalue weighted by Gasteiger charge is -2.35. The fraction of sp³-hybridized carbons (Fsp3) is 0.267. The molecule has 1 aliphatic heterocycles. The molecule has 0 unspecified atom stereocenters. The third-order valence-electron chi connectivity index (χ3n) is 3.63. The second kappa shape index (κ2) is 6.19. The maximum atomic E-state index is 12.5. The van der Waals surface area contributed by atoms with E-state index in [1.165, 1.54) is 6.07 Å². The van der Waals surface area contributed by atoms with Crippen LogP contribution in [0, 0.1) is 0 Å². The number of carbonyl (C=O) groups excluding carboxylic acids is 1. The molecule has 0 saturated carbocycles. The van der Waals surface area contributed by atoms with E-state index in [0.29, 0.717) is 31.2 Å². The molecule has 0 aliphatic carbocycles. The number of aromatic nitrogens is 2. The monoisotopic (exact) mass is 318 g/mol. The summed E-state index contributed by atoms with van der Waals surface area (Å²) >= 11 is 5.79. The van der Waals surface area contributed by atoms with Crippen LogP contribution < -0.4 is 4.90 Å². The number of nitrogens with zero attached hydrogens (tertiary/aromatic N) is 4. The van der Waals surface area contributed by atoms with E-state index in [4.69, 9.17) is 11.6 Å². The number of carbonyl (C=O) groups is 1. The minimum atomic E-state index is -0.187. The van der Waals surface area contributed by atoms with Crippen LogP contribution in [-0.4, -0.2) is 52.1 Å². The molecule has 0 bridgehead atoms. The van der Waals surface area contributed by atoms with E-state index >= 15 is 0 Å². The van der Waals surface area contributed by atoms with E-state index in [9.17, 15) is 9.90 Å². The highest BCUT2D eigenvalue weighted by molar-refractivity contribution is 6.30. The smallest absolute Gasteiger partial charge is 0.257 e. The van der Waals surface area contributed by atoms with Gasteiger partial charge in [0.05, 0.1) is 11.8 Å². The number of anilines is 1. The Labute approximate surface area is 133 Å². The van der Waals surface area contributed by atoms with E-state index in [1.54, 1.807) is 35.6 Å². The van der Waals surface area contributed by atoms with Crippen molar-refractivity contribution in [2.45, 2.75) is 0 Å². The predicted octanol–water partition coefficient (Wildman–Crippen LogP) is 1.80. The normalized spacial score (nSPS) is 15.0. The quantitative estimate of drug-likeness (QED) is 0.914. The van der Waals surface area contributed by atoms with Crippen molar-refractivity contribution in [3.05, 3.63) is 47.4 Å². The Hall–Kier alpha value is -2.34. The molecule has 3 rings (SSSR count). The molecule has 0 radical (unpaired) electrons. The summed E-state index contributed by atoms with van der Waals surface area (Å²) in [6.45, 7) is 2.49. The van der Waals surface area contributed by atoms with Gasteiger partial charge in [0.1, 0.15) is 11.6 Å². The topological polar surface area (TPSA) is 69.6 Å². The summed E-state index contributed by atoms with van der Waals surface area (Å²) in [5.74, 6) is 0.533. The van der Waals surface area contributed by atoms with Gasteiger partial charge in [-0.1, -0.05) is 11.6 Å². The Balaban J connectivity index is 1.67. The van der Waals surface area contributed by atoms with Crippen molar-refractivity contribution in [1.82, 2.24) is 14.9 Å². The van der Waals surface area contributed by atoms with Gasteiger partial charge in [0.2, 0.25) is 0 Å². The second-order valence-corrected chi connectivity index (χ2v) is 5.44. The summed E-state index contributed by atoms with van der Waals surface area (Å²) in [4.78, 5) is 24.6. The molecule has 1 fully saturated rings. The van der Waals surface area contributed by atoms with Crippen molar-refractivity contribution in [1.29, 1.82) is 0 Å². The summed E-state index contributed by atoms with van der Waals surface area (Å²) in [5, 5.41) is 10.3. The highest BCUT2D eigenvalue weighted by Crippen LogP contribution is 2.24. The van der Waals surface area contributed by atoms with Crippen LogP contribution in [0.4, 0.5) is 5.82 Å². The van der Waals surface area contributed by atoms with Gasteiger partial charge in [-0.3, -0.25) is 9.78 Å². The Morgan fingerprint density at radius 1 is 1.18 bits per heavy atom. The molecule has 7 heteroatoms. The number of hydrogen-bond donors (Lipinski definition) is 1. The molecule has 1 N–H and O–H groups in total. The largest absolute Gasteiger partial charge is 0.507 e. The second-order valence-electron chi connectivity index (χ2n) is 5.00.